The van der Waals surface area contributed by atoms with Gasteiger partial charge in [0.2, 0.25) is 0 Å². The highest BCUT2D eigenvalue weighted by Gasteiger charge is 2.34. The number of fused-ring (bicyclic) bond motifs is 8. The van der Waals surface area contributed by atoms with Crippen molar-refractivity contribution >= 4 is 22.3 Å². The molecule has 0 unspecified atom stereocenters. The van der Waals surface area contributed by atoms with E-state index in [0.29, 0.717) is 0 Å². The maximum atomic E-state index is 14.2. The van der Waals surface area contributed by atoms with E-state index in [0.717, 1.165) is 48.5 Å². The van der Waals surface area contributed by atoms with Crippen molar-refractivity contribution in [3.63, 3.8) is 0 Å². The van der Waals surface area contributed by atoms with Crippen LogP contribution in [0.15, 0.2) is 146 Å². The van der Waals surface area contributed by atoms with Crippen LogP contribution in [0.25, 0.3) is 22.3 Å². The van der Waals surface area contributed by atoms with Crippen molar-refractivity contribution < 1.29 is 52.7 Å². The number of halogens is 12. The molecule has 16 heteroatoms. The molecular formula is C48H28F12N4. The van der Waals surface area contributed by atoms with Gasteiger partial charge in [-0.1, -0.05) is 48.5 Å². The quantitative estimate of drug-likeness (QED) is 0.127. The zero-order valence-corrected chi connectivity index (χ0v) is 32.4. The Bertz CT molecular complexity index is 2910. The predicted octanol–water partition coefficient (Wildman–Crippen LogP) is 10.4. The Balaban J connectivity index is 1.44. The number of rotatable bonds is 4. The van der Waals surface area contributed by atoms with E-state index in [9.17, 15) is 52.7 Å². The molecule has 1 aliphatic rings. The molecule has 4 nitrogen and oxygen atoms in total. The second kappa shape index (κ2) is 15.2. The number of nitrogens with one attached hydrogen (secondary N) is 4. The summed E-state index contributed by atoms with van der Waals surface area (Å²) < 4.78 is 170. The molecule has 0 aliphatic carbocycles. The number of hydrogen-bond donors (Lipinski definition) is 4. The summed E-state index contributed by atoms with van der Waals surface area (Å²) in [6, 6.07) is 29.9. The van der Waals surface area contributed by atoms with E-state index >= 15 is 0 Å². The SMILES string of the molecule is FC(F)(F)c1cccc(C2=c3ccc([nH]3)=C(c3cccc(C(F)(F)F)c3)c3ccc([nH]3)C(c3cccc(C(F)(F)F)c3)=c3ccc([nH]3)=C(c3cccc(C(F)(F)F)c3)c3ccc2[nH]3)c1. The van der Waals surface area contributed by atoms with Gasteiger partial charge in [-0.2, -0.15) is 52.7 Å². The Kier molecular flexibility index (Phi) is 9.95. The first-order chi connectivity index (χ1) is 30.2. The number of H-pyrrole nitrogens is 4. The summed E-state index contributed by atoms with van der Waals surface area (Å²) in [7, 11) is 0. The Labute approximate surface area is 353 Å². The number of hydrogen-bond acceptors (Lipinski definition) is 0. The summed E-state index contributed by atoms with van der Waals surface area (Å²) in [5.74, 6) is 0. The molecule has 4 N–H and O–H groups in total. The molecule has 64 heavy (non-hydrogen) atoms. The molecular weight excluding hydrogens is 861 g/mol. The average Bonchev–Trinajstić information content (AvgIpc) is 4.08. The topological polar surface area (TPSA) is 63.2 Å². The lowest BCUT2D eigenvalue weighted by atomic mass is 10.00. The number of aromatic nitrogens is 4. The highest BCUT2D eigenvalue weighted by molar-refractivity contribution is 5.85. The maximum Gasteiger partial charge on any atom is 0.416 e. The summed E-state index contributed by atoms with van der Waals surface area (Å²) in [6.07, 6.45) is -19.0. The number of alkyl halides is 12. The van der Waals surface area contributed by atoms with Crippen LogP contribution in [0.5, 0.6) is 0 Å². The Hall–Kier alpha value is -7.36. The normalized spacial score (nSPS) is 13.8. The van der Waals surface area contributed by atoms with Crippen LogP contribution in [-0.4, -0.2) is 19.9 Å². The first kappa shape index (κ1) is 42.0. The van der Waals surface area contributed by atoms with Crippen LogP contribution in [0.1, 0.15) is 67.3 Å². The van der Waals surface area contributed by atoms with Crippen molar-refractivity contribution in [2.75, 3.05) is 0 Å². The van der Waals surface area contributed by atoms with Crippen LogP contribution >= 0.6 is 0 Å². The van der Waals surface area contributed by atoms with E-state index in [2.05, 4.69) is 19.9 Å². The Morgan fingerprint density at radius 2 is 0.469 bits per heavy atom. The smallest absolute Gasteiger partial charge is 0.354 e. The number of benzene rings is 4. The van der Waals surface area contributed by atoms with Crippen LogP contribution in [0.2, 0.25) is 0 Å². The van der Waals surface area contributed by atoms with Gasteiger partial charge >= 0.3 is 24.7 Å². The molecule has 0 atom stereocenters. The van der Waals surface area contributed by atoms with Crippen molar-refractivity contribution in [1.82, 2.24) is 19.9 Å². The Morgan fingerprint density at radius 1 is 0.250 bits per heavy atom. The fraction of sp³-hybridized carbons (Fsp3) is 0.0833. The third-order valence-electron chi connectivity index (χ3n) is 10.8. The lowest BCUT2D eigenvalue weighted by Crippen LogP contribution is -2.19. The summed E-state index contributed by atoms with van der Waals surface area (Å²) >= 11 is 0. The van der Waals surface area contributed by atoms with Crippen LogP contribution in [0, 0.1) is 0 Å². The minimum Gasteiger partial charge on any atom is -0.354 e. The van der Waals surface area contributed by atoms with Gasteiger partial charge in [0.25, 0.3) is 0 Å². The minimum absolute atomic E-state index is 0.0589. The molecule has 4 aromatic carbocycles. The lowest BCUT2D eigenvalue weighted by molar-refractivity contribution is -0.138. The van der Waals surface area contributed by atoms with Crippen molar-refractivity contribution in [3.8, 4) is 0 Å². The minimum atomic E-state index is -4.76. The standard InChI is InChI=1S/C48H28F12N4/c49-45(50,51)29-9-1-5-25(21-29)41-33-13-15-35(61-33)42(26-6-2-10-30(22-26)46(52,53)54)37-17-19-39(63-37)44(28-8-4-12-32(24-28)48(58,59)60)40-20-18-38(64-40)43(36-16-14-34(41)62-36)27-7-3-11-31(23-27)47(55,56)57/h1-24,61-64H. The molecule has 324 valence electrons. The predicted molar refractivity (Wildman–Crippen MR) is 214 cm³/mol. The van der Waals surface area contributed by atoms with Crippen molar-refractivity contribution in [2.24, 2.45) is 0 Å². The van der Waals surface area contributed by atoms with E-state index in [1.54, 1.807) is 0 Å². The first-order valence-corrected chi connectivity index (χ1v) is 19.2. The molecule has 5 heterocycles. The largest absolute Gasteiger partial charge is 0.416 e. The van der Waals surface area contributed by atoms with Gasteiger partial charge in [0.1, 0.15) is 0 Å². The molecule has 1 aliphatic heterocycles. The molecule has 4 aromatic heterocycles. The second-order valence-electron chi connectivity index (χ2n) is 15.0. The zero-order chi connectivity index (χ0) is 45.3. The molecule has 0 saturated carbocycles. The molecule has 8 bridgehead atoms. The number of aromatic amines is 4. The second-order valence-corrected chi connectivity index (χ2v) is 15.0. The van der Waals surface area contributed by atoms with Gasteiger partial charge < -0.3 is 19.9 Å². The van der Waals surface area contributed by atoms with Crippen LogP contribution in [0.3, 0.4) is 0 Å². The average molecular weight is 889 g/mol. The van der Waals surface area contributed by atoms with Crippen LogP contribution < -0.4 is 21.4 Å². The third kappa shape index (κ3) is 7.95. The van der Waals surface area contributed by atoms with Gasteiger partial charge in [-0.05, 0) is 119 Å². The van der Waals surface area contributed by atoms with Gasteiger partial charge in [0.15, 0.2) is 0 Å². The van der Waals surface area contributed by atoms with Crippen LogP contribution in [-0.2, 0) is 24.7 Å². The molecule has 0 spiro atoms. The van der Waals surface area contributed by atoms with E-state index in [4.69, 9.17) is 0 Å². The molecule has 0 fully saturated rings. The highest BCUT2D eigenvalue weighted by atomic mass is 19.4. The summed E-state index contributed by atoms with van der Waals surface area (Å²) in [6.45, 7) is 0. The van der Waals surface area contributed by atoms with Gasteiger partial charge in [0, 0.05) is 66.5 Å². The molecule has 0 radical (unpaired) electrons. The van der Waals surface area contributed by atoms with E-state index in [-0.39, 0.29) is 88.7 Å². The van der Waals surface area contributed by atoms with Crippen molar-refractivity contribution in [2.45, 2.75) is 24.7 Å². The van der Waals surface area contributed by atoms with E-state index < -0.39 is 47.0 Å². The fourth-order valence-corrected chi connectivity index (χ4v) is 7.98. The zero-order valence-electron chi connectivity index (χ0n) is 32.4. The van der Waals surface area contributed by atoms with E-state index in [1.165, 1.54) is 97.1 Å². The third-order valence-corrected chi connectivity index (χ3v) is 10.8. The molecule has 0 saturated heterocycles. The van der Waals surface area contributed by atoms with Gasteiger partial charge in [-0.25, -0.2) is 0 Å². The molecule has 8 aromatic rings. The van der Waals surface area contributed by atoms with E-state index in [1.807, 2.05) is 0 Å². The first-order valence-electron chi connectivity index (χ1n) is 19.2. The summed E-state index contributed by atoms with van der Waals surface area (Å²) in [5.41, 5.74) is -2.23. The highest BCUT2D eigenvalue weighted by Crippen LogP contribution is 2.37. The van der Waals surface area contributed by atoms with Gasteiger partial charge in [0.05, 0.1) is 22.3 Å². The summed E-state index contributed by atoms with van der Waals surface area (Å²) in [5, 5.41) is 0.797. The summed E-state index contributed by atoms with van der Waals surface area (Å²) in [4.78, 5) is 12.8. The Morgan fingerprint density at radius 3 is 0.672 bits per heavy atom. The maximum absolute atomic E-state index is 14.2. The molecule has 9 rings (SSSR count). The monoisotopic (exact) mass is 888 g/mol. The van der Waals surface area contributed by atoms with Crippen molar-refractivity contribution in [1.29, 1.82) is 0 Å². The molecule has 0 amide bonds. The van der Waals surface area contributed by atoms with Gasteiger partial charge in [-0.3, -0.25) is 0 Å². The van der Waals surface area contributed by atoms with Gasteiger partial charge in [-0.15, -0.1) is 0 Å². The van der Waals surface area contributed by atoms with Crippen molar-refractivity contribution in [3.05, 3.63) is 234 Å². The lowest BCUT2D eigenvalue weighted by Gasteiger charge is -2.13. The fourth-order valence-electron chi connectivity index (χ4n) is 7.98. The van der Waals surface area contributed by atoms with Crippen LogP contribution in [0.4, 0.5) is 52.7 Å².